The number of nitrogens with zero attached hydrogens (tertiary/aromatic N) is 4. The first kappa shape index (κ1) is 17.2. The lowest BCUT2D eigenvalue weighted by Gasteiger charge is -2.15. The molecule has 1 fully saturated rings. The molecule has 0 bridgehead atoms. The Morgan fingerprint density at radius 3 is 2.64 bits per heavy atom. The van der Waals surface area contributed by atoms with Crippen LogP contribution in [0.3, 0.4) is 0 Å². The van der Waals surface area contributed by atoms with Crippen LogP contribution >= 0.6 is 0 Å². The number of carbonyl (C=O) groups excluding carboxylic acids is 2. The second-order valence-corrected chi connectivity index (χ2v) is 6.61. The van der Waals surface area contributed by atoms with Crippen molar-refractivity contribution in [3.05, 3.63) is 47.8 Å². The second-order valence-electron chi connectivity index (χ2n) is 6.61. The van der Waals surface area contributed by atoms with E-state index < -0.39 is 6.04 Å². The third-order valence-corrected chi connectivity index (χ3v) is 4.23. The van der Waals surface area contributed by atoms with Gasteiger partial charge in [0.15, 0.2) is 0 Å². The molecule has 1 aromatic heterocycles. The van der Waals surface area contributed by atoms with E-state index >= 15 is 0 Å². The molecule has 1 aromatic carbocycles. The third-order valence-electron chi connectivity index (χ3n) is 4.23. The fraction of sp³-hybridized carbons (Fsp3) is 0.389. The quantitative estimate of drug-likeness (QED) is 0.881. The summed E-state index contributed by atoms with van der Waals surface area (Å²) in [4.78, 5) is 28.7. The van der Waals surface area contributed by atoms with Crippen LogP contribution in [0, 0.1) is 0 Å². The zero-order valence-electron chi connectivity index (χ0n) is 14.8. The molecule has 7 heteroatoms. The molecule has 0 spiro atoms. The van der Waals surface area contributed by atoms with Gasteiger partial charge in [0.2, 0.25) is 5.91 Å². The van der Waals surface area contributed by atoms with Gasteiger partial charge in [-0.2, -0.15) is 5.10 Å². The van der Waals surface area contributed by atoms with E-state index in [0.717, 1.165) is 17.8 Å². The highest BCUT2D eigenvalue weighted by Gasteiger charge is 2.34. The molecule has 2 amide bonds. The van der Waals surface area contributed by atoms with Crippen LogP contribution in [0.5, 0.6) is 0 Å². The van der Waals surface area contributed by atoms with Gasteiger partial charge in [0.25, 0.3) is 5.91 Å². The van der Waals surface area contributed by atoms with Gasteiger partial charge in [-0.05, 0) is 38.2 Å². The Morgan fingerprint density at radius 1 is 1.32 bits per heavy atom. The number of benzene rings is 1. The Balaban J connectivity index is 1.62. The van der Waals surface area contributed by atoms with Gasteiger partial charge in [-0.1, -0.05) is 12.1 Å². The fourth-order valence-electron chi connectivity index (χ4n) is 2.99. The monoisotopic (exact) mass is 341 g/mol. The number of carbonyl (C=O) groups is 2. The maximum atomic E-state index is 12.5. The Labute approximate surface area is 147 Å². The number of hydrogen-bond acceptors (Lipinski definition) is 4. The maximum absolute atomic E-state index is 12.5. The molecular weight excluding hydrogens is 318 g/mol. The van der Waals surface area contributed by atoms with Crippen molar-refractivity contribution in [3.63, 3.8) is 0 Å². The van der Waals surface area contributed by atoms with E-state index in [-0.39, 0.29) is 11.8 Å². The average molecular weight is 341 g/mol. The van der Waals surface area contributed by atoms with Gasteiger partial charge in [-0.3, -0.25) is 14.3 Å². The second kappa shape index (κ2) is 7.06. The summed E-state index contributed by atoms with van der Waals surface area (Å²) in [7, 11) is 5.81. The van der Waals surface area contributed by atoms with Crippen LogP contribution < -0.4 is 10.2 Å². The minimum Gasteiger partial charge on any atom is -0.340 e. The van der Waals surface area contributed by atoms with Gasteiger partial charge in [-0.15, -0.1) is 0 Å². The molecule has 1 aliphatic rings. The first-order valence-corrected chi connectivity index (χ1v) is 8.28. The van der Waals surface area contributed by atoms with Crippen LogP contribution in [0.25, 0.3) is 0 Å². The van der Waals surface area contributed by atoms with Crippen LogP contribution in [-0.4, -0.2) is 53.2 Å². The van der Waals surface area contributed by atoms with Crippen molar-refractivity contribution in [2.75, 3.05) is 25.5 Å². The Bertz CT molecular complexity index is 766. The Kier molecular flexibility index (Phi) is 4.85. The number of rotatable bonds is 5. The van der Waals surface area contributed by atoms with E-state index in [9.17, 15) is 9.59 Å². The lowest BCUT2D eigenvalue weighted by Crippen LogP contribution is -2.41. The van der Waals surface area contributed by atoms with E-state index in [1.807, 2.05) is 33.3 Å². The van der Waals surface area contributed by atoms with Crippen molar-refractivity contribution in [2.45, 2.75) is 19.0 Å². The molecule has 1 saturated heterocycles. The molecule has 1 aliphatic heterocycles. The van der Waals surface area contributed by atoms with E-state index in [2.05, 4.69) is 15.3 Å². The van der Waals surface area contributed by atoms with Gasteiger partial charge in [0, 0.05) is 31.9 Å². The van der Waals surface area contributed by atoms with E-state index in [1.165, 1.54) is 0 Å². The van der Waals surface area contributed by atoms with Crippen LogP contribution in [-0.2, 0) is 18.4 Å². The lowest BCUT2D eigenvalue weighted by atomic mass is 10.1. The summed E-state index contributed by atoms with van der Waals surface area (Å²) in [5, 5.41) is 6.93. The molecule has 3 rings (SSSR count). The van der Waals surface area contributed by atoms with Crippen LogP contribution in [0.1, 0.15) is 22.3 Å². The van der Waals surface area contributed by atoms with Crippen molar-refractivity contribution in [1.29, 1.82) is 0 Å². The summed E-state index contributed by atoms with van der Waals surface area (Å²) >= 11 is 0. The minimum absolute atomic E-state index is 0.0921. The normalized spacial score (nSPS) is 17.4. The van der Waals surface area contributed by atoms with Gasteiger partial charge in [0.05, 0.1) is 11.9 Å². The molecule has 1 atom stereocenters. The zero-order chi connectivity index (χ0) is 18.0. The Hall–Kier alpha value is -2.67. The van der Waals surface area contributed by atoms with Gasteiger partial charge in [-0.25, -0.2) is 0 Å². The van der Waals surface area contributed by atoms with Gasteiger partial charge in [0.1, 0.15) is 6.04 Å². The summed E-state index contributed by atoms with van der Waals surface area (Å²) in [5.74, 6) is -0.312. The highest BCUT2D eigenvalue weighted by atomic mass is 16.2. The van der Waals surface area contributed by atoms with Crippen molar-refractivity contribution >= 4 is 17.5 Å². The number of anilines is 1. The van der Waals surface area contributed by atoms with Gasteiger partial charge >= 0.3 is 0 Å². The SMILES string of the molecule is CN(C)Cc1ccc(C(=O)N[C@H]2CCN(c3cnn(C)c3)C2=O)cc1. The summed E-state index contributed by atoms with van der Waals surface area (Å²) in [6.07, 6.45) is 4.05. The summed E-state index contributed by atoms with van der Waals surface area (Å²) in [5.41, 5.74) is 2.47. The molecule has 0 unspecified atom stereocenters. The van der Waals surface area contributed by atoms with Crippen LogP contribution in [0.4, 0.5) is 5.69 Å². The molecule has 0 aliphatic carbocycles. The summed E-state index contributed by atoms with van der Waals surface area (Å²) < 4.78 is 1.66. The van der Waals surface area contributed by atoms with Crippen molar-refractivity contribution < 1.29 is 9.59 Å². The molecule has 7 nitrogen and oxygen atoms in total. The predicted octanol–water partition coefficient (Wildman–Crippen LogP) is 1.02. The molecule has 2 aromatic rings. The number of amides is 2. The largest absolute Gasteiger partial charge is 0.340 e. The zero-order valence-corrected chi connectivity index (χ0v) is 14.8. The van der Waals surface area contributed by atoms with Crippen molar-refractivity contribution in [2.24, 2.45) is 7.05 Å². The predicted molar refractivity (Wildman–Crippen MR) is 95.3 cm³/mol. The van der Waals surface area contributed by atoms with Crippen LogP contribution in [0.2, 0.25) is 0 Å². The smallest absolute Gasteiger partial charge is 0.251 e. The lowest BCUT2D eigenvalue weighted by molar-refractivity contribution is -0.118. The summed E-state index contributed by atoms with van der Waals surface area (Å²) in [6.45, 7) is 1.40. The number of nitrogens with one attached hydrogen (secondary N) is 1. The van der Waals surface area contributed by atoms with E-state index in [4.69, 9.17) is 0 Å². The van der Waals surface area contributed by atoms with Crippen LogP contribution in [0.15, 0.2) is 36.7 Å². The van der Waals surface area contributed by atoms with Crippen molar-refractivity contribution in [3.8, 4) is 0 Å². The van der Waals surface area contributed by atoms with E-state index in [0.29, 0.717) is 18.5 Å². The Morgan fingerprint density at radius 2 is 2.04 bits per heavy atom. The molecule has 25 heavy (non-hydrogen) atoms. The van der Waals surface area contributed by atoms with Crippen molar-refractivity contribution in [1.82, 2.24) is 20.0 Å². The fourth-order valence-corrected chi connectivity index (χ4v) is 2.99. The molecular formula is C18H23N5O2. The molecule has 0 radical (unpaired) electrons. The molecule has 1 N–H and O–H groups in total. The first-order valence-electron chi connectivity index (χ1n) is 8.28. The third kappa shape index (κ3) is 3.88. The van der Waals surface area contributed by atoms with Gasteiger partial charge < -0.3 is 15.1 Å². The number of aromatic nitrogens is 2. The van der Waals surface area contributed by atoms with E-state index in [1.54, 1.807) is 34.1 Å². The average Bonchev–Trinajstić information content (AvgIpc) is 3.14. The molecule has 2 heterocycles. The number of aryl methyl sites for hydroxylation is 1. The highest BCUT2D eigenvalue weighted by molar-refractivity contribution is 6.03. The molecule has 132 valence electrons. The highest BCUT2D eigenvalue weighted by Crippen LogP contribution is 2.21. The maximum Gasteiger partial charge on any atom is 0.251 e. The first-order chi connectivity index (χ1) is 11.9. The minimum atomic E-state index is -0.492. The summed E-state index contributed by atoms with van der Waals surface area (Å²) in [6, 6.07) is 6.98. The topological polar surface area (TPSA) is 70.5 Å². The number of hydrogen-bond donors (Lipinski definition) is 1. The molecule has 0 saturated carbocycles. The standard InChI is InChI=1S/C18H23N5O2/c1-21(2)11-13-4-6-14(7-5-13)17(24)20-16-8-9-23(18(16)25)15-10-19-22(3)12-15/h4-7,10,12,16H,8-9,11H2,1-3H3,(H,20,24)/t16-/m0/s1.